The van der Waals surface area contributed by atoms with Gasteiger partial charge < -0.3 is 14.8 Å². The lowest BCUT2D eigenvalue weighted by Gasteiger charge is -2.17. The zero-order valence-electron chi connectivity index (χ0n) is 19.2. The quantitative estimate of drug-likeness (QED) is 0.382. The van der Waals surface area contributed by atoms with Crippen LogP contribution in [0.1, 0.15) is 75.2 Å². The van der Waals surface area contributed by atoms with Gasteiger partial charge in [0.25, 0.3) is 17.7 Å². The van der Waals surface area contributed by atoms with Crippen LogP contribution in [0.4, 0.5) is 0 Å². The smallest absolute Gasteiger partial charge is 0.342 e. The number of methoxy groups -OCH3 is 1. The van der Waals surface area contributed by atoms with Crippen molar-refractivity contribution in [1.82, 2.24) is 10.2 Å². The molecule has 1 heterocycles. The fourth-order valence-electron chi connectivity index (χ4n) is 4.48. The van der Waals surface area contributed by atoms with E-state index in [0.717, 1.165) is 30.6 Å². The topological polar surface area (TPSA) is 102 Å². The van der Waals surface area contributed by atoms with Crippen molar-refractivity contribution in [2.24, 2.45) is 0 Å². The molecule has 8 nitrogen and oxygen atoms in total. The van der Waals surface area contributed by atoms with Crippen LogP contribution in [0.2, 0.25) is 0 Å². The Morgan fingerprint density at radius 3 is 2.24 bits per heavy atom. The maximum Gasteiger partial charge on any atom is 0.342 e. The third-order valence-electron chi connectivity index (χ3n) is 6.26. The molecule has 0 spiro atoms. The first-order valence-electron chi connectivity index (χ1n) is 11.6. The van der Waals surface area contributed by atoms with Crippen LogP contribution < -0.4 is 10.1 Å². The largest absolute Gasteiger partial charge is 0.496 e. The van der Waals surface area contributed by atoms with Crippen LogP contribution in [0.25, 0.3) is 0 Å². The molecule has 1 aliphatic carbocycles. The van der Waals surface area contributed by atoms with Crippen LogP contribution in [-0.4, -0.2) is 48.3 Å². The van der Waals surface area contributed by atoms with E-state index in [1.807, 2.05) is 0 Å². The number of carbonyl (C=O) groups is 4. The fourth-order valence-corrected chi connectivity index (χ4v) is 4.48. The summed E-state index contributed by atoms with van der Waals surface area (Å²) >= 11 is 0. The molecule has 2 aromatic rings. The minimum absolute atomic E-state index is 0.00120. The summed E-state index contributed by atoms with van der Waals surface area (Å²) in [5.41, 5.74) is 1.41. The molecular weight excluding hydrogens is 436 g/mol. The summed E-state index contributed by atoms with van der Waals surface area (Å²) in [7, 11) is 1.43. The molecule has 34 heavy (non-hydrogen) atoms. The summed E-state index contributed by atoms with van der Waals surface area (Å²) in [6, 6.07) is 11.5. The Bertz CT molecular complexity index is 1070. The predicted octanol–water partition coefficient (Wildman–Crippen LogP) is 3.49. The van der Waals surface area contributed by atoms with Gasteiger partial charge in [0.2, 0.25) is 0 Å². The first kappa shape index (κ1) is 23.5. The predicted molar refractivity (Wildman–Crippen MR) is 124 cm³/mol. The van der Waals surface area contributed by atoms with Gasteiger partial charge in [0.05, 0.1) is 24.8 Å². The van der Waals surface area contributed by atoms with Crippen molar-refractivity contribution >= 4 is 23.7 Å². The lowest BCUT2D eigenvalue weighted by Crippen LogP contribution is -2.37. The summed E-state index contributed by atoms with van der Waals surface area (Å²) in [6.07, 6.45) is 6.40. The van der Waals surface area contributed by atoms with Crippen LogP contribution in [-0.2, 0) is 16.1 Å². The molecule has 1 saturated carbocycles. The van der Waals surface area contributed by atoms with Crippen molar-refractivity contribution in [1.29, 1.82) is 0 Å². The van der Waals surface area contributed by atoms with E-state index in [4.69, 9.17) is 9.47 Å². The normalized spacial score (nSPS) is 16.1. The number of rotatable bonds is 7. The minimum atomic E-state index is -0.711. The second kappa shape index (κ2) is 10.5. The molecule has 3 amide bonds. The molecule has 0 unspecified atom stereocenters. The van der Waals surface area contributed by atoms with Crippen molar-refractivity contribution in [3.63, 3.8) is 0 Å². The maximum absolute atomic E-state index is 12.7. The Balaban J connectivity index is 1.41. The highest BCUT2D eigenvalue weighted by atomic mass is 16.5. The van der Waals surface area contributed by atoms with Gasteiger partial charge in [-0.05, 0) is 42.7 Å². The minimum Gasteiger partial charge on any atom is -0.496 e. The molecule has 0 aromatic heterocycles. The number of esters is 1. The zero-order valence-corrected chi connectivity index (χ0v) is 19.2. The molecule has 0 radical (unpaired) electrons. The summed E-state index contributed by atoms with van der Waals surface area (Å²) in [5.74, 6) is -1.52. The summed E-state index contributed by atoms with van der Waals surface area (Å²) in [6.45, 7) is -0.389. The SMILES string of the molecule is COc1ccc(CN2C(=O)c3ccccc3C2=O)cc1C(=O)OCC(=O)NC1CCCCCC1. The second-order valence-corrected chi connectivity index (χ2v) is 8.61. The van der Waals surface area contributed by atoms with Crippen molar-refractivity contribution in [3.8, 4) is 5.75 Å². The molecule has 2 aromatic carbocycles. The molecule has 0 atom stereocenters. The Kier molecular flexibility index (Phi) is 7.25. The Hall–Kier alpha value is -3.68. The van der Waals surface area contributed by atoms with Gasteiger partial charge in [-0.3, -0.25) is 19.3 Å². The highest BCUT2D eigenvalue weighted by Crippen LogP contribution is 2.27. The Labute approximate surface area is 198 Å². The van der Waals surface area contributed by atoms with Crippen LogP contribution in [0, 0.1) is 0 Å². The number of imide groups is 1. The highest BCUT2D eigenvalue weighted by Gasteiger charge is 2.35. The molecule has 0 saturated heterocycles. The number of nitrogens with one attached hydrogen (secondary N) is 1. The van der Waals surface area contributed by atoms with E-state index in [1.54, 1.807) is 36.4 Å². The average molecular weight is 465 g/mol. The van der Waals surface area contributed by atoms with Crippen LogP contribution >= 0.6 is 0 Å². The van der Waals surface area contributed by atoms with Gasteiger partial charge in [0.15, 0.2) is 6.61 Å². The zero-order chi connectivity index (χ0) is 24.1. The molecule has 0 bridgehead atoms. The van der Waals surface area contributed by atoms with E-state index < -0.39 is 5.97 Å². The first-order chi connectivity index (χ1) is 16.5. The monoisotopic (exact) mass is 464 g/mol. The van der Waals surface area contributed by atoms with E-state index in [-0.39, 0.29) is 48.2 Å². The molecule has 4 rings (SSSR count). The number of hydrogen-bond donors (Lipinski definition) is 1. The van der Waals surface area contributed by atoms with Crippen molar-refractivity contribution in [3.05, 3.63) is 64.7 Å². The van der Waals surface area contributed by atoms with Gasteiger partial charge in [0.1, 0.15) is 11.3 Å². The van der Waals surface area contributed by atoms with Crippen LogP contribution in [0.15, 0.2) is 42.5 Å². The lowest BCUT2D eigenvalue weighted by molar-refractivity contribution is -0.125. The molecular formula is C26H28N2O6. The molecule has 1 fully saturated rings. The standard InChI is InChI=1S/C26H28N2O6/c1-33-22-13-12-17(15-28-24(30)19-10-6-7-11-20(19)25(28)31)14-21(22)26(32)34-16-23(29)27-18-8-4-2-3-5-9-18/h6-7,10-14,18H,2-5,8-9,15-16H2,1H3,(H,27,29). The van der Waals surface area contributed by atoms with E-state index in [1.165, 1.54) is 26.0 Å². The van der Waals surface area contributed by atoms with Crippen molar-refractivity contribution in [2.75, 3.05) is 13.7 Å². The Morgan fingerprint density at radius 1 is 0.971 bits per heavy atom. The summed E-state index contributed by atoms with van der Waals surface area (Å²) in [4.78, 5) is 51.5. The van der Waals surface area contributed by atoms with Gasteiger partial charge in [-0.1, -0.05) is 43.9 Å². The van der Waals surface area contributed by atoms with Gasteiger partial charge >= 0.3 is 5.97 Å². The summed E-state index contributed by atoms with van der Waals surface area (Å²) < 4.78 is 10.5. The third kappa shape index (κ3) is 5.11. The first-order valence-corrected chi connectivity index (χ1v) is 11.6. The number of fused-ring (bicyclic) bond motifs is 1. The third-order valence-corrected chi connectivity index (χ3v) is 6.26. The maximum atomic E-state index is 12.7. The second-order valence-electron chi connectivity index (χ2n) is 8.61. The van der Waals surface area contributed by atoms with Crippen molar-refractivity contribution < 1.29 is 28.7 Å². The van der Waals surface area contributed by atoms with Crippen LogP contribution in [0.3, 0.4) is 0 Å². The molecule has 1 N–H and O–H groups in total. The molecule has 8 heteroatoms. The average Bonchev–Trinajstić information content (AvgIpc) is 3.01. The molecule has 2 aliphatic rings. The number of ether oxygens (including phenoxy) is 2. The fraction of sp³-hybridized carbons (Fsp3) is 0.385. The number of hydrogen-bond acceptors (Lipinski definition) is 6. The van der Waals surface area contributed by atoms with E-state index in [9.17, 15) is 19.2 Å². The van der Waals surface area contributed by atoms with Gasteiger partial charge in [-0.2, -0.15) is 0 Å². The molecule has 178 valence electrons. The molecule has 1 aliphatic heterocycles. The van der Waals surface area contributed by atoms with Gasteiger partial charge in [0, 0.05) is 6.04 Å². The number of carbonyl (C=O) groups excluding carboxylic acids is 4. The van der Waals surface area contributed by atoms with E-state index in [2.05, 4.69) is 5.32 Å². The number of nitrogens with zero attached hydrogens (tertiary/aromatic N) is 1. The number of benzene rings is 2. The van der Waals surface area contributed by atoms with Gasteiger partial charge in [-0.15, -0.1) is 0 Å². The summed E-state index contributed by atoms with van der Waals surface area (Å²) in [5, 5.41) is 2.94. The van der Waals surface area contributed by atoms with Crippen molar-refractivity contribution in [2.45, 2.75) is 51.1 Å². The van der Waals surface area contributed by atoms with Gasteiger partial charge in [-0.25, -0.2) is 4.79 Å². The van der Waals surface area contributed by atoms with E-state index >= 15 is 0 Å². The van der Waals surface area contributed by atoms with Crippen LogP contribution in [0.5, 0.6) is 5.75 Å². The van der Waals surface area contributed by atoms with E-state index in [0.29, 0.717) is 16.7 Å². The Morgan fingerprint density at radius 2 is 1.62 bits per heavy atom. The lowest BCUT2D eigenvalue weighted by atomic mass is 10.1. The number of amides is 3. The highest BCUT2D eigenvalue weighted by molar-refractivity contribution is 6.21.